The van der Waals surface area contributed by atoms with Crippen LogP contribution in [0.3, 0.4) is 0 Å². The van der Waals surface area contributed by atoms with Crippen LogP contribution in [0, 0.1) is 11.3 Å². The third kappa shape index (κ3) is 9.22. The van der Waals surface area contributed by atoms with E-state index in [9.17, 15) is 31.2 Å². The van der Waals surface area contributed by atoms with Crippen molar-refractivity contribution < 1.29 is 40.7 Å². The molecule has 58 heavy (non-hydrogen) atoms. The Bertz CT molecular complexity index is 2360. The molecule has 2 aliphatic carbocycles. The van der Waals surface area contributed by atoms with Crippen LogP contribution in [-0.2, 0) is 34.4 Å². The van der Waals surface area contributed by atoms with Gasteiger partial charge >= 0.3 is 0 Å². The van der Waals surface area contributed by atoms with Gasteiger partial charge in [-0.3, -0.25) is 19.1 Å². The van der Waals surface area contributed by atoms with Crippen LogP contribution in [0.15, 0.2) is 66.2 Å². The van der Waals surface area contributed by atoms with Crippen LogP contribution in [0.4, 0.5) is 5.69 Å². The molecule has 4 N–H and O–H groups in total. The SMILES string of the molecule is C=C[C@@H]1C[C@]1(NC(=O)[C@@H]1C[C@@H](Oc2ncc(OC)c3ccc(Cl)cc23)CN1C(=O)C(Nc1cccc(S(=O)(=O)NC(C)(C)C)c1)C(C)(C)C)C(=O)NS(=O)(=O)C1CC1. The van der Waals surface area contributed by atoms with Crippen molar-refractivity contribution in [3.8, 4) is 11.6 Å². The minimum absolute atomic E-state index is 0.00720. The Hall–Kier alpha value is -4.45. The van der Waals surface area contributed by atoms with Gasteiger partial charge < -0.3 is 25.0 Å². The first kappa shape index (κ1) is 43.1. The molecule has 5 atom stereocenters. The number of sulfonamides is 2. The van der Waals surface area contributed by atoms with Gasteiger partial charge in [0.25, 0.3) is 5.91 Å². The number of nitrogens with one attached hydrogen (secondary N) is 4. The summed E-state index contributed by atoms with van der Waals surface area (Å²) in [6, 6.07) is 9.07. The van der Waals surface area contributed by atoms with Crippen molar-refractivity contribution in [2.45, 2.75) is 107 Å². The number of nitrogens with zero attached hydrogens (tertiary/aromatic N) is 2. The van der Waals surface area contributed by atoms with Gasteiger partial charge in [-0.25, -0.2) is 26.5 Å². The summed E-state index contributed by atoms with van der Waals surface area (Å²) >= 11 is 6.37. The molecular formula is C40H51ClN6O9S2. The summed E-state index contributed by atoms with van der Waals surface area (Å²) in [7, 11) is -6.34. The maximum Gasteiger partial charge on any atom is 0.259 e. The van der Waals surface area contributed by atoms with Gasteiger partial charge in [0.2, 0.25) is 37.7 Å². The fourth-order valence-electron chi connectivity index (χ4n) is 7.17. The molecule has 3 fully saturated rings. The first-order valence-corrected chi connectivity index (χ1v) is 22.4. The van der Waals surface area contributed by atoms with E-state index in [2.05, 4.69) is 31.6 Å². The molecule has 2 heterocycles. The van der Waals surface area contributed by atoms with Gasteiger partial charge in [0.05, 0.1) is 30.0 Å². The molecule has 3 amide bonds. The van der Waals surface area contributed by atoms with E-state index in [4.69, 9.17) is 21.1 Å². The minimum atomic E-state index is -3.93. The number of carbonyl (C=O) groups excluding carboxylic acids is 3. The lowest BCUT2D eigenvalue weighted by Gasteiger charge is -2.36. The lowest BCUT2D eigenvalue weighted by molar-refractivity contribution is -0.141. The van der Waals surface area contributed by atoms with Gasteiger partial charge in [-0.1, -0.05) is 44.5 Å². The second-order valence-corrected chi connectivity index (χ2v) is 21.4. The van der Waals surface area contributed by atoms with Crippen molar-refractivity contribution in [3.05, 3.63) is 66.3 Å². The number of pyridine rings is 1. The molecule has 1 unspecified atom stereocenters. The Balaban J connectivity index is 1.33. The van der Waals surface area contributed by atoms with Gasteiger partial charge in [0, 0.05) is 39.4 Å². The molecule has 3 aliphatic rings. The Morgan fingerprint density at radius 3 is 2.34 bits per heavy atom. The quantitative estimate of drug-likeness (QED) is 0.166. The highest BCUT2D eigenvalue weighted by atomic mass is 35.5. The molecule has 1 aromatic heterocycles. The average molecular weight is 859 g/mol. The number of amides is 3. The summed E-state index contributed by atoms with van der Waals surface area (Å²) in [5, 5.41) is 7.01. The summed E-state index contributed by atoms with van der Waals surface area (Å²) in [5.41, 5.74) is -2.77. The Kier molecular flexibility index (Phi) is 11.6. The van der Waals surface area contributed by atoms with E-state index in [1.54, 1.807) is 51.1 Å². The minimum Gasteiger partial charge on any atom is -0.494 e. The largest absolute Gasteiger partial charge is 0.494 e. The highest BCUT2D eigenvalue weighted by Crippen LogP contribution is 2.46. The van der Waals surface area contributed by atoms with Crippen LogP contribution in [-0.4, -0.2) is 92.6 Å². The molecule has 0 radical (unpaired) electrons. The number of rotatable bonds is 14. The molecule has 2 saturated carbocycles. The first-order chi connectivity index (χ1) is 27.0. The third-order valence-electron chi connectivity index (χ3n) is 10.4. The van der Waals surface area contributed by atoms with Crippen LogP contribution >= 0.6 is 11.6 Å². The molecule has 15 nitrogen and oxygen atoms in total. The summed E-state index contributed by atoms with van der Waals surface area (Å²) in [6.07, 6.45) is 3.18. The summed E-state index contributed by atoms with van der Waals surface area (Å²) in [4.78, 5) is 48.8. The van der Waals surface area contributed by atoms with Crippen molar-refractivity contribution in [1.29, 1.82) is 0 Å². The molecule has 0 bridgehead atoms. The van der Waals surface area contributed by atoms with Crippen LogP contribution in [0.1, 0.15) is 67.2 Å². The number of aromatic nitrogens is 1. The monoisotopic (exact) mass is 858 g/mol. The van der Waals surface area contributed by atoms with Crippen LogP contribution in [0.2, 0.25) is 5.02 Å². The van der Waals surface area contributed by atoms with E-state index in [1.807, 2.05) is 20.8 Å². The second-order valence-electron chi connectivity index (χ2n) is 17.3. The fraction of sp³-hybridized carbons (Fsp3) is 0.500. The molecule has 3 aromatic rings. The lowest BCUT2D eigenvalue weighted by Crippen LogP contribution is -2.58. The van der Waals surface area contributed by atoms with E-state index in [0.717, 1.165) is 0 Å². The number of benzene rings is 2. The van der Waals surface area contributed by atoms with E-state index >= 15 is 0 Å². The van der Waals surface area contributed by atoms with E-state index < -0.39 is 83.6 Å². The maximum absolute atomic E-state index is 14.9. The normalized spacial score (nSPS) is 22.8. The number of hydrogen-bond donors (Lipinski definition) is 4. The second kappa shape index (κ2) is 15.6. The van der Waals surface area contributed by atoms with Crippen LogP contribution in [0.25, 0.3) is 10.8 Å². The number of likely N-dealkylation sites (tertiary alicyclic amines) is 1. The van der Waals surface area contributed by atoms with E-state index in [-0.39, 0.29) is 30.2 Å². The number of ether oxygens (including phenoxy) is 2. The summed E-state index contributed by atoms with van der Waals surface area (Å²) in [6.45, 7) is 14.4. The number of fused-ring (bicyclic) bond motifs is 1. The first-order valence-electron chi connectivity index (χ1n) is 19.0. The topological polar surface area (TPSA) is 202 Å². The molecule has 6 rings (SSSR count). The average Bonchev–Trinajstić information content (AvgIpc) is 4.06. The molecular weight excluding hydrogens is 808 g/mol. The van der Waals surface area contributed by atoms with Crippen molar-refractivity contribution in [2.75, 3.05) is 19.0 Å². The Labute approximate surface area is 344 Å². The summed E-state index contributed by atoms with van der Waals surface area (Å²) in [5.74, 6) is -1.92. The lowest BCUT2D eigenvalue weighted by atomic mass is 9.85. The van der Waals surface area contributed by atoms with Crippen LogP contribution in [0.5, 0.6) is 11.6 Å². The highest BCUT2D eigenvalue weighted by Gasteiger charge is 2.62. The van der Waals surface area contributed by atoms with E-state index in [0.29, 0.717) is 40.1 Å². The number of methoxy groups -OCH3 is 1. The van der Waals surface area contributed by atoms with Gasteiger partial charge in [0.15, 0.2) is 0 Å². The predicted molar refractivity (Wildman–Crippen MR) is 220 cm³/mol. The summed E-state index contributed by atoms with van der Waals surface area (Å²) < 4.78 is 68.8. The predicted octanol–water partition coefficient (Wildman–Crippen LogP) is 4.52. The zero-order valence-electron chi connectivity index (χ0n) is 33.6. The number of carbonyl (C=O) groups is 3. The van der Waals surface area contributed by atoms with Crippen molar-refractivity contribution in [3.63, 3.8) is 0 Å². The zero-order chi connectivity index (χ0) is 42.6. The number of anilines is 1. The van der Waals surface area contributed by atoms with E-state index in [1.165, 1.54) is 36.4 Å². The number of hydrogen-bond acceptors (Lipinski definition) is 11. The number of halogens is 1. The van der Waals surface area contributed by atoms with Gasteiger partial charge in [-0.2, -0.15) is 0 Å². The fourth-order valence-corrected chi connectivity index (χ4v) is 10.2. The van der Waals surface area contributed by atoms with Crippen molar-refractivity contribution in [2.24, 2.45) is 11.3 Å². The van der Waals surface area contributed by atoms with Crippen molar-refractivity contribution in [1.82, 2.24) is 24.6 Å². The maximum atomic E-state index is 14.9. The third-order valence-corrected chi connectivity index (χ3v) is 14.2. The molecule has 0 spiro atoms. The highest BCUT2D eigenvalue weighted by molar-refractivity contribution is 7.91. The Morgan fingerprint density at radius 2 is 1.74 bits per heavy atom. The molecule has 1 saturated heterocycles. The van der Waals surface area contributed by atoms with Crippen LogP contribution < -0.4 is 29.6 Å². The Morgan fingerprint density at radius 1 is 1.03 bits per heavy atom. The molecule has 1 aliphatic heterocycles. The molecule has 2 aromatic carbocycles. The van der Waals surface area contributed by atoms with Gasteiger partial charge in [-0.15, -0.1) is 6.58 Å². The smallest absolute Gasteiger partial charge is 0.259 e. The van der Waals surface area contributed by atoms with Gasteiger partial charge in [0.1, 0.15) is 29.5 Å². The standard InChI is InChI=1S/C40H51ClN6O9S2/c1-9-23-20-40(23,37(50)45-57(51,52)27-14-15-27)44-34(48)31-19-26(56-35-30-17-24(41)13-16-29(30)32(55-8)21-42-35)22-47(31)36(49)33(38(2,3)4)43-25-11-10-12-28(18-25)58(53,54)46-39(5,6)7/h9-13,16-18,21,23,26-27,31,33,43,46H,1,14-15,19-20,22H2,2-8H3,(H,44,48)(H,45,50)/t23-,26-,31+,33?,40-/m1/s1. The molecule has 314 valence electrons. The molecule has 18 heteroatoms. The zero-order valence-corrected chi connectivity index (χ0v) is 36.0. The van der Waals surface area contributed by atoms with Gasteiger partial charge in [-0.05, 0) is 81.8 Å². The van der Waals surface area contributed by atoms with Crippen molar-refractivity contribution >= 4 is 65.8 Å².